The summed E-state index contributed by atoms with van der Waals surface area (Å²) >= 11 is 0. The molecular formula is C21H23NO5. The molecule has 0 saturated carbocycles. The normalized spacial score (nSPS) is 19.8. The van der Waals surface area contributed by atoms with E-state index in [0.29, 0.717) is 24.7 Å². The number of ether oxygens (including phenoxy) is 4. The van der Waals surface area contributed by atoms with Crippen molar-refractivity contribution in [2.24, 2.45) is 0 Å². The lowest BCUT2D eigenvalue weighted by molar-refractivity contribution is -0.130. The zero-order valence-corrected chi connectivity index (χ0v) is 15.5. The Hall–Kier alpha value is -2.89. The Morgan fingerprint density at radius 1 is 1.19 bits per heavy atom. The number of carbonyl (C=O) groups excluding carboxylic acids is 1. The second kappa shape index (κ2) is 7.39. The molecule has 6 nitrogen and oxygen atoms in total. The quantitative estimate of drug-likeness (QED) is 0.878. The molecule has 4 rings (SSSR count). The van der Waals surface area contributed by atoms with Crippen molar-refractivity contribution in [1.29, 1.82) is 0 Å². The average molecular weight is 369 g/mol. The third kappa shape index (κ3) is 3.65. The van der Waals surface area contributed by atoms with Crippen LogP contribution < -0.4 is 24.3 Å². The molecule has 0 spiro atoms. The van der Waals surface area contributed by atoms with E-state index in [1.807, 2.05) is 44.2 Å². The first kappa shape index (κ1) is 17.5. The van der Waals surface area contributed by atoms with Crippen molar-refractivity contribution in [1.82, 2.24) is 5.32 Å². The van der Waals surface area contributed by atoms with E-state index >= 15 is 0 Å². The van der Waals surface area contributed by atoms with Gasteiger partial charge in [-0.2, -0.15) is 0 Å². The first-order chi connectivity index (χ1) is 13.1. The lowest BCUT2D eigenvalue weighted by Crippen LogP contribution is -2.43. The van der Waals surface area contributed by atoms with Crippen LogP contribution in [0.1, 0.15) is 25.0 Å². The van der Waals surface area contributed by atoms with Gasteiger partial charge in [0, 0.05) is 24.1 Å². The highest BCUT2D eigenvalue weighted by Crippen LogP contribution is 2.35. The molecule has 0 bridgehead atoms. The van der Waals surface area contributed by atoms with Crippen LogP contribution in [0.2, 0.25) is 0 Å². The summed E-state index contributed by atoms with van der Waals surface area (Å²) in [5.74, 6) is 2.66. The monoisotopic (exact) mass is 369 g/mol. The van der Waals surface area contributed by atoms with Crippen LogP contribution in [0.4, 0.5) is 0 Å². The third-order valence-corrected chi connectivity index (χ3v) is 4.63. The number of hydrogen-bond donors (Lipinski definition) is 1. The van der Waals surface area contributed by atoms with Crippen molar-refractivity contribution in [3.63, 3.8) is 0 Å². The molecule has 0 fully saturated rings. The minimum Gasteiger partial charge on any atom is -0.494 e. The molecule has 1 N–H and O–H groups in total. The van der Waals surface area contributed by atoms with Crippen LogP contribution in [0, 0.1) is 0 Å². The molecule has 2 atom stereocenters. The van der Waals surface area contributed by atoms with Gasteiger partial charge in [-0.1, -0.05) is 12.1 Å². The predicted molar refractivity (Wildman–Crippen MR) is 99.6 cm³/mol. The fraction of sp³-hybridized carbons (Fsp3) is 0.381. The lowest BCUT2D eigenvalue weighted by Gasteiger charge is -2.25. The molecule has 142 valence electrons. The first-order valence-corrected chi connectivity index (χ1v) is 9.25. The maximum absolute atomic E-state index is 12.5. The summed E-state index contributed by atoms with van der Waals surface area (Å²) in [7, 11) is 0. The summed E-state index contributed by atoms with van der Waals surface area (Å²) in [4.78, 5) is 12.5. The van der Waals surface area contributed by atoms with Gasteiger partial charge in [-0.3, -0.25) is 4.79 Å². The van der Waals surface area contributed by atoms with Gasteiger partial charge in [-0.15, -0.1) is 0 Å². The summed E-state index contributed by atoms with van der Waals surface area (Å²) in [5, 5.41) is 2.92. The molecule has 1 amide bonds. The van der Waals surface area contributed by atoms with Gasteiger partial charge in [0.15, 0.2) is 11.5 Å². The van der Waals surface area contributed by atoms with Gasteiger partial charge in [-0.05, 0) is 38.1 Å². The SMILES string of the molecule is CCOc1cc2c(cc1CNC(=O)[C@H]1COc3ccccc3O1)O[C@@H](C)C2. The summed E-state index contributed by atoms with van der Waals surface area (Å²) in [5.41, 5.74) is 2.02. The number of hydrogen-bond acceptors (Lipinski definition) is 5. The standard InChI is InChI=1S/C21H23NO5/c1-3-24-18-9-14-8-13(2)26-19(14)10-15(18)11-22-21(23)20-12-25-16-6-4-5-7-17(16)27-20/h4-7,9-10,13,20H,3,8,11-12H2,1-2H3,(H,22,23)/t13-,20+/m0/s1. The first-order valence-electron chi connectivity index (χ1n) is 9.25. The Labute approximate surface area is 158 Å². The predicted octanol–water partition coefficient (Wildman–Crippen LogP) is 2.86. The van der Waals surface area contributed by atoms with E-state index in [4.69, 9.17) is 18.9 Å². The third-order valence-electron chi connectivity index (χ3n) is 4.63. The van der Waals surface area contributed by atoms with E-state index in [1.54, 1.807) is 6.07 Å². The molecule has 2 aliphatic heterocycles. The molecule has 2 aromatic rings. The number of rotatable bonds is 5. The second-order valence-corrected chi connectivity index (χ2v) is 6.72. The van der Waals surface area contributed by atoms with Crippen LogP contribution >= 0.6 is 0 Å². The van der Waals surface area contributed by atoms with Gasteiger partial charge in [0.1, 0.15) is 24.2 Å². The minimum absolute atomic E-state index is 0.159. The van der Waals surface area contributed by atoms with E-state index in [9.17, 15) is 4.79 Å². The van der Waals surface area contributed by atoms with E-state index in [1.165, 1.54) is 0 Å². The number of para-hydroxylation sites is 2. The fourth-order valence-electron chi connectivity index (χ4n) is 3.35. The van der Waals surface area contributed by atoms with Crippen LogP contribution in [-0.2, 0) is 17.8 Å². The fourth-order valence-corrected chi connectivity index (χ4v) is 3.35. The van der Waals surface area contributed by atoms with Crippen molar-refractivity contribution in [2.75, 3.05) is 13.2 Å². The van der Waals surface area contributed by atoms with E-state index in [2.05, 4.69) is 5.32 Å². The van der Waals surface area contributed by atoms with Crippen molar-refractivity contribution >= 4 is 5.91 Å². The van der Waals surface area contributed by atoms with Crippen LogP contribution in [0.25, 0.3) is 0 Å². The summed E-state index contributed by atoms with van der Waals surface area (Å²) < 4.78 is 23.0. The van der Waals surface area contributed by atoms with Crippen molar-refractivity contribution in [2.45, 2.75) is 39.0 Å². The summed E-state index contributed by atoms with van der Waals surface area (Å²) in [6, 6.07) is 11.3. The maximum Gasteiger partial charge on any atom is 0.264 e. The van der Waals surface area contributed by atoms with E-state index < -0.39 is 6.10 Å². The molecule has 0 aliphatic carbocycles. The van der Waals surface area contributed by atoms with Gasteiger partial charge in [-0.25, -0.2) is 0 Å². The zero-order valence-electron chi connectivity index (χ0n) is 15.5. The van der Waals surface area contributed by atoms with Gasteiger partial charge in [0.2, 0.25) is 6.10 Å². The van der Waals surface area contributed by atoms with Gasteiger partial charge in [0.05, 0.1) is 6.61 Å². The number of fused-ring (bicyclic) bond motifs is 2. The summed E-state index contributed by atoms with van der Waals surface area (Å²) in [6.07, 6.45) is 0.350. The molecule has 0 aromatic heterocycles. The number of amides is 1. The highest BCUT2D eigenvalue weighted by atomic mass is 16.6. The molecule has 6 heteroatoms. The molecule has 2 aliphatic rings. The van der Waals surface area contributed by atoms with Crippen LogP contribution in [-0.4, -0.2) is 31.3 Å². The van der Waals surface area contributed by atoms with E-state index in [-0.39, 0.29) is 18.6 Å². The van der Waals surface area contributed by atoms with Crippen molar-refractivity contribution < 1.29 is 23.7 Å². The maximum atomic E-state index is 12.5. The zero-order chi connectivity index (χ0) is 18.8. The Morgan fingerprint density at radius 3 is 2.81 bits per heavy atom. The average Bonchev–Trinajstić information content (AvgIpc) is 3.04. The summed E-state index contributed by atoms with van der Waals surface area (Å²) in [6.45, 7) is 5.07. The Bertz CT molecular complexity index is 850. The Morgan fingerprint density at radius 2 is 2.00 bits per heavy atom. The van der Waals surface area contributed by atoms with Crippen LogP contribution in [0.5, 0.6) is 23.0 Å². The van der Waals surface area contributed by atoms with Crippen molar-refractivity contribution in [3.8, 4) is 23.0 Å². The highest BCUT2D eigenvalue weighted by molar-refractivity contribution is 5.81. The highest BCUT2D eigenvalue weighted by Gasteiger charge is 2.28. The minimum atomic E-state index is -0.679. The Kier molecular flexibility index (Phi) is 4.79. The van der Waals surface area contributed by atoms with Gasteiger partial charge in [0.25, 0.3) is 5.91 Å². The topological polar surface area (TPSA) is 66.0 Å². The molecule has 0 saturated heterocycles. The molecule has 0 unspecified atom stereocenters. The van der Waals surface area contributed by atoms with E-state index in [0.717, 1.165) is 29.0 Å². The molecular weight excluding hydrogens is 346 g/mol. The largest absolute Gasteiger partial charge is 0.494 e. The van der Waals surface area contributed by atoms with Gasteiger partial charge >= 0.3 is 0 Å². The molecule has 0 radical (unpaired) electrons. The smallest absolute Gasteiger partial charge is 0.264 e. The van der Waals surface area contributed by atoms with Crippen LogP contribution in [0.3, 0.4) is 0 Å². The molecule has 2 aromatic carbocycles. The number of nitrogens with one attached hydrogen (secondary N) is 1. The Balaban J connectivity index is 1.44. The van der Waals surface area contributed by atoms with Gasteiger partial charge < -0.3 is 24.3 Å². The lowest BCUT2D eigenvalue weighted by atomic mass is 10.1. The second-order valence-electron chi connectivity index (χ2n) is 6.72. The molecule has 27 heavy (non-hydrogen) atoms. The number of benzene rings is 2. The van der Waals surface area contributed by atoms with Crippen molar-refractivity contribution in [3.05, 3.63) is 47.5 Å². The number of carbonyl (C=O) groups is 1. The molecule has 2 heterocycles. The van der Waals surface area contributed by atoms with Crippen LogP contribution in [0.15, 0.2) is 36.4 Å².